The molecule has 10 nitrogen and oxygen atoms in total. The quantitative estimate of drug-likeness (QED) is 0.409. The predicted molar refractivity (Wildman–Crippen MR) is 107 cm³/mol. The van der Waals surface area contributed by atoms with E-state index in [1.54, 1.807) is 0 Å². The Bertz CT molecular complexity index is 1440. The van der Waals surface area contributed by atoms with Crippen molar-refractivity contribution in [2.45, 2.75) is 12.5 Å². The van der Waals surface area contributed by atoms with Gasteiger partial charge in [0.2, 0.25) is 0 Å². The molecule has 1 amide bonds. The lowest BCUT2D eigenvalue weighted by molar-refractivity contribution is -0.286. The fourth-order valence-corrected chi connectivity index (χ4v) is 3.50. The molecule has 35 heavy (non-hydrogen) atoms. The number of amides is 1. The minimum absolute atomic E-state index is 0.00339. The number of nitrogens with one attached hydrogen (secondary N) is 1. The highest BCUT2D eigenvalue weighted by Gasteiger charge is 2.47. The van der Waals surface area contributed by atoms with Gasteiger partial charge >= 0.3 is 12.5 Å². The number of pyridine rings is 1. The Morgan fingerprint density at radius 1 is 1.09 bits per heavy atom. The zero-order valence-corrected chi connectivity index (χ0v) is 17.6. The number of halogens is 6. The second-order valence-corrected chi connectivity index (χ2v) is 7.30. The van der Waals surface area contributed by atoms with Crippen LogP contribution >= 0.6 is 11.6 Å². The molecular weight excluding hydrogens is 505 g/mol. The molecular formula is C19H9ClF5N7O3. The molecule has 4 heterocycles. The molecule has 180 valence electrons. The van der Waals surface area contributed by atoms with Crippen molar-refractivity contribution in [1.29, 1.82) is 0 Å². The highest BCUT2D eigenvalue weighted by Crippen LogP contribution is 2.46. The Kier molecular flexibility index (Phi) is 5.08. The van der Waals surface area contributed by atoms with Crippen molar-refractivity contribution in [2.75, 3.05) is 5.32 Å². The summed E-state index contributed by atoms with van der Waals surface area (Å²) in [6, 6.07) is 4.55. The SMILES string of the molecule is O=C(Nc1cnc(-n2nccn2)c(Cl)c1)c1cnn(-c2cccc3c2OC(F)(F)O3)c1C(F)(F)F. The van der Waals surface area contributed by atoms with Crippen LogP contribution in [0.3, 0.4) is 0 Å². The van der Waals surface area contributed by atoms with Gasteiger partial charge in [-0.15, -0.1) is 13.6 Å². The summed E-state index contributed by atoms with van der Waals surface area (Å²) in [5, 5.41) is 13.6. The first-order valence-electron chi connectivity index (χ1n) is 9.41. The average molecular weight is 514 g/mol. The molecule has 0 aliphatic carbocycles. The number of carbonyl (C=O) groups excluding carboxylic acids is 1. The van der Waals surface area contributed by atoms with Crippen LogP contribution in [0, 0.1) is 0 Å². The molecule has 3 aromatic heterocycles. The molecule has 4 aromatic rings. The molecule has 5 rings (SSSR count). The van der Waals surface area contributed by atoms with Crippen LogP contribution in [0.4, 0.5) is 27.6 Å². The van der Waals surface area contributed by atoms with E-state index in [1.807, 2.05) is 0 Å². The Hall–Kier alpha value is -4.27. The number of ether oxygens (including phenoxy) is 2. The van der Waals surface area contributed by atoms with Gasteiger partial charge < -0.3 is 14.8 Å². The van der Waals surface area contributed by atoms with E-state index >= 15 is 0 Å². The number of fused-ring (bicyclic) bond motifs is 1. The summed E-state index contributed by atoms with van der Waals surface area (Å²) in [7, 11) is 0. The largest absolute Gasteiger partial charge is 0.586 e. The number of anilines is 1. The number of carbonyl (C=O) groups is 1. The van der Waals surface area contributed by atoms with Crippen molar-refractivity contribution < 1.29 is 36.2 Å². The third-order valence-electron chi connectivity index (χ3n) is 4.61. The Morgan fingerprint density at radius 3 is 2.51 bits per heavy atom. The summed E-state index contributed by atoms with van der Waals surface area (Å²) in [6.45, 7) is 0. The van der Waals surface area contributed by atoms with E-state index in [9.17, 15) is 26.7 Å². The maximum atomic E-state index is 14.0. The van der Waals surface area contributed by atoms with Crippen molar-refractivity contribution in [3.8, 4) is 23.0 Å². The third kappa shape index (κ3) is 4.09. The lowest BCUT2D eigenvalue weighted by Crippen LogP contribution is -2.26. The zero-order valence-electron chi connectivity index (χ0n) is 16.8. The summed E-state index contributed by atoms with van der Waals surface area (Å²) >= 11 is 6.12. The third-order valence-corrected chi connectivity index (χ3v) is 4.88. The van der Waals surface area contributed by atoms with Crippen LogP contribution < -0.4 is 14.8 Å². The van der Waals surface area contributed by atoms with Crippen molar-refractivity contribution >= 4 is 23.2 Å². The van der Waals surface area contributed by atoms with E-state index in [-0.39, 0.29) is 21.2 Å². The van der Waals surface area contributed by atoms with Gasteiger partial charge in [-0.2, -0.15) is 28.5 Å². The first kappa shape index (κ1) is 22.5. The molecule has 0 unspecified atom stereocenters. The molecule has 16 heteroatoms. The number of nitrogens with zero attached hydrogens (tertiary/aromatic N) is 6. The van der Waals surface area contributed by atoms with Crippen LogP contribution in [0.1, 0.15) is 16.1 Å². The molecule has 0 radical (unpaired) electrons. The summed E-state index contributed by atoms with van der Waals surface area (Å²) in [5.74, 6) is -2.25. The molecule has 0 saturated heterocycles. The van der Waals surface area contributed by atoms with Crippen LogP contribution in [0.15, 0.2) is 49.1 Å². The van der Waals surface area contributed by atoms with Crippen molar-refractivity contribution in [3.05, 3.63) is 65.3 Å². The number of alkyl halides is 5. The Balaban J connectivity index is 1.50. The van der Waals surface area contributed by atoms with Gasteiger partial charge in [-0.05, 0) is 18.2 Å². The fraction of sp³-hybridized carbons (Fsp3) is 0.105. The second kappa shape index (κ2) is 7.90. The lowest BCUT2D eigenvalue weighted by atomic mass is 10.2. The van der Waals surface area contributed by atoms with Gasteiger partial charge in [0, 0.05) is 0 Å². The smallest absolute Gasteiger partial charge is 0.395 e. The first-order valence-corrected chi connectivity index (χ1v) is 9.79. The standard InChI is InChI=1S/C19H9ClF5N7O3/c20-11-6-9(7-26-16(11)32-27-4-5-28-32)30-17(33)10-8-29-31(15(10)18(21,22)23)12-2-1-3-13-14(12)35-19(24,25)34-13/h1-8H,(H,30,33). The van der Waals surface area contributed by atoms with Crippen LogP contribution in [-0.4, -0.2) is 42.0 Å². The maximum Gasteiger partial charge on any atom is 0.586 e. The number of hydrogen-bond donors (Lipinski definition) is 1. The minimum Gasteiger partial charge on any atom is -0.395 e. The second-order valence-electron chi connectivity index (χ2n) is 6.89. The van der Waals surface area contributed by atoms with E-state index in [2.05, 4.69) is 35.1 Å². The molecule has 0 spiro atoms. The number of hydrogen-bond acceptors (Lipinski definition) is 7. The molecule has 1 N–H and O–H groups in total. The predicted octanol–water partition coefficient (Wildman–Crippen LogP) is 4.09. The van der Waals surface area contributed by atoms with Crippen molar-refractivity contribution in [3.63, 3.8) is 0 Å². The molecule has 0 saturated carbocycles. The zero-order chi connectivity index (χ0) is 25.0. The van der Waals surface area contributed by atoms with Gasteiger partial charge in [-0.3, -0.25) is 4.79 Å². The average Bonchev–Trinajstić information content (AvgIpc) is 3.50. The van der Waals surface area contributed by atoms with Crippen LogP contribution in [-0.2, 0) is 6.18 Å². The normalized spacial score (nSPS) is 14.2. The molecule has 1 aliphatic rings. The van der Waals surface area contributed by atoms with Crippen LogP contribution in [0.5, 0.6) is 11.5 Å². The summed E-state index contributed by atoms with van der Waals surface area (Å²) in [4.78, 5) is 17.8. The van der Waals surface area contributed by atoms with E-state index in [0.717, 1.165) is 23.1 Å². The monoisotopic (exact) mass is 513 g/mol. The van der Waals surface area contributed by atoms with E-state index in [0.29, 0.717) is 6.20 Å². The van der Waals surface area contributed by atoms with Crippen LogP contribution in [0.25, 0.3) is 11.5 Å². The number of para-hydroxylation sites is 1. The fourth-order valence-electron chi connectivity index (χ4n) is 3.26. The lowest BCUT2D eigenvalue weighted by Gasteiger charge is -2.14. The highest BCUT2D eigenvalue weighted by atomic mass is 35.5. The van der Waals surface area contributed by atoms with Crippen molar-refractivity contribution in [1.82, 2.24) is 29.8 Å². The summed E-state index contributed by atoms with van der Waals surface area (Å²) in [5.41, 5.74) is -2.96. The van der Waals surface area contributed by atoms with Crippen molar-refractivity contribution in [2.24, 2.45) is 0 Å². The van der Waals surface area contributed by atoms with E-state index in [1.165, 1.54) is 24.5 Å². The summed E-state index contributed by atoms with van der Waals surface area (Å²) in [6.07, 6.45) is -4.65. The Labute approximate surface area is 195 Å². The number of benzene rings is 1. The van der Waals surface area contributed by atoms with E-state index < -0.39 is 46.8 Å². The molecule has 1 aliphatic heterocycles. The number of aromatic nitrogens is 6. The number of rotatable bonds is 4. The Morgan fingerprint density at radius 2 is 1.83 bits per heavy atom. The van der Waals surface area contributed by atoms with E-state index in [4.69, 9.17) is 11.6 Å². The van der Waals surface area contributed by atoms with Gasteiger partial charge in [0.1, 0.15) is 5.69 Å². The van der Waals surface area contributed by atoms with Gasteiger partial charge in [0.25, 0.3) is 5.91 Å². The molecule has 0 atom stereocenters. The van der Waals surface area contributed by atoms with Gasteiger partial charge in [0.15, 0.2) is 23.0 Å². The molecule has 0 bridgehead atoms. The van der Waals surface area contributed by atoms with Crippen LogP contribution in [0.2, 0.25) is 5.02 Å². The summed E-state index contributed by atoms with van der Waals surface area (Å²) < 4.78 is 77.9. The van der Waals surface area contributed by atoms with Gasteiger partial charge in [-0.1, -0.05) is 17.7 Å². The van der Waals surface area contributed by atoms with Gasteiger partial charge in [0.05, 0.1) is 41.1 Å². The first-order chi connectivity index (χ1) is 16.5. The maximum absolute atomic E-state index is 14.0. The molecule has 1 aromatic carbocycles. The topological polar surface area (TPSA) is 109 Å². The highest BCUT2D eigenvalue weighted by molar-refractivity contribution is 6.32. The molecule has 0 fully saturated rings. The minimum atomic E-state index is -5.11. The van der Waals surface area contributed by atoms with Gasteiger partial charge in [-0.25, -0.2) is 9.67 Å².